The number of carbonyl (C=O) groups excluding carboxylic acids is 1. The standard InChI is InChI=1S/C17H24N2O2S/c1-11-14(4-3-5-16(11)22-2)19-17(20)18-13-8-9-21-15(10-13)12-6-7-12/h3-5,12-13,15H,6-10H2,1-2H3,(H2,18,19,20)/t13-,15-/m0/s1. The monoisotopic (exact) mass is 320 g/mol. The fourth-order valence-electron chi connectivity index (χ4n) is 3.07. The van der Waals surface area contributed by atoms with Crippen LogP contribution in [-0.4, -0.2) is 31.0 Å². The number of carbonyl (C=O) groups is 1. The summed E-state index contributed by atoms with van der Waals surface area (Å²) in [5, 5.41) is 6.10. The lowest BCUT2D eigenvalue weighted by molar-refractivity contribution is -0.00889. The molecular weight excluding hydrogens is 296 g/mol. The molecule has 2 N–H and O–H groups in total. The largest absolute Gasteiger partial charge is 0.378 e. The Labute approximate surface area is 136 Å². The molecule has 0 radical (unpaired) electrons. The Morgan fingerprint density at radius 1 is 1.32 bits per heavy atom. The van der Waals surface area contributed by atoms with E-state index in [1.165, 1.54) is 17.7 Å². The van der Waals surface area contributed by atoms with Gasteiger partial charge in [0, 0.05) is 23.2 Å². The predicted molar refractivity (Wildman–Crippen MR) is 90.6 cm³/mol. The Morgan fingerprint density at radius 3 is 2.86 bits per heavy atom. The van der Waals surface area contributed by atoms with Crippen molar-refractivity contribution in [3.8, 4) is 0 Å². The predicted octanol–water partition coefficient (Wildman–Crippen LogP) is 3.80. The van der Waals surface area contributed by atoms with Crippen LogP contribution in [0.15, 0.2) is 23.1 Å². The van der Waals surface area contributed by atoms with E-state index < -0.39 is 0 Å². The Morgan fingerprint density at radius 2 is 2.14 bits per heavy atom. The van der Waals surface area contributed by atoms with Crippen LogP contribution in [0, 0.1) is 12.8 Å². The van der Waals surface area contributed by atoms with Crippen molar-refractivity contribution in [2.24, 2.45) is 5.92 Å². The minimum absolute atomic E-state index is 0.109. The number of urea groups is 1. The fourth-order valence-corrected chi connectivity index (χ4v) is 3.70. The maximum atomic E-state index is 12.3. The number of hydrogen-bond donors (Lipinski definition) is 2. The second kappa shape index (κ2) is 6.92. The third-order valence-corrected chi connectivity index (χ3v) is 5.43. The molecule has 2 atom stereocenters. The van der Waals surface area contributed by atoms with E-state index in [9.17, 15) is 4.79 Å². The molecule has 1 aromatic rings. The quantitative estimate of drug-likeness (QED) is 0.830. The minimum atomic E-state index is -0.109. The van der Waals surface area contributed by atoms with Crippen molar-refractivity contribution in [1.29, 1.82) is 0 Å². The highest BCUT2D eigenvalue weighted by Gasteiger charge is 2.36. The maximum Gasteiger partial charge on any atom is 0.319 e. The molecule has 1 aliphatic carbocycles. The molecule has 5 heteroatoms. The summed E-state index contributed by atoms with van der Waals surface area (Å²) in [6, 6.07) is 6.12. The average molecular weight is 320 g/mol. The summed E-state index contributed by atoms with van der Waals surface area (Å²) >= 11 is 1.69. The molecule has 2 fully saturated rings. The van der Waals surface area contributed by atoms with Gasteiger partial charge in [0.25, 0.3) is 0 Å². The molecule has 2 aliphatic rings. The Bertz CT molecular complexity index is 545. The molecule has 22 heavy (non-hydrogen) atoms. The Kier molecular flexibility index (Phi) is 4.93. The van der Waals surface area contributed by atoms with Crippen LogP contribution in [-0.2, 0) is 4.74 Å². The SMILES string of the molecule is CSc1cccc(NC(=O)N[C@H]2CCO[C@H](C3CC3)C2)c1C. The first-order chi connectivity index (χ1) is 10.7. The molecule has 3 rings (SSSR count). The first-order valence-corrected chi connectivity index (χ1v) is 9.22. The zero-order valence-corrected chi connectivity index (χ0v) is 14.0. The van der Waals surface area contributed by atoms with E-state index in [1.807, 2.05) is 25.3 Å². The van der Waals surface area contributed by atoms with Gasteiger partial charge in [0.15, 0.2) is 0 Å². The molecule has 0 unspecified atom stereocenters. The lowest BCUT2D eigenvalue weighted by Crippen LogP contribution is -2.44. The van der Waals surface area contributed by atoms with Gasteiger partial charge in [-0.2, -0.15) is 0 Å². The number of rotatable bonds is 4. The van der Waals surface area contributed by atoms with Crippen molar-refractivity contribution in [2.75, 3.05) is 18.2 Å². The van der Waals surface area contributed by atoms with E-state index in [4.69, 9.17) is 4.74 Å². The van der Waals surface area contributed by atoms with Crippen LogP contribution in [0.2, 0.25) is 0 Å². The van der Waals surface area contributed by atoms with Gasteiger partial charge in [0.2, 0.25) is 0 Å². The van der Waals surface area contributed by atoms with Gasteiger partial charge in [-0.25, -0.2) is 4.79 Å². The highest BCUT2D eigenvalue weighted by molar-refractivity contribution is 7.98. The van der Waals surface area contributed by atoms with E-state index in [0.29, 0.717) is 6.10 Å². The van der Waals surface area contributed by atoms with Gasteiger partial charge in [-0.15, -0.1) is 11.8 Å². The molecule has 1 aromatic carbocycles. The number of nitrogens with one attached hydrogen (secondary N) is 2. The van der Waals surface area contributed by atoms with E-state index >= 15 is 0 Å². The van der Waals surface area contributed by atoms with E-state index in [1.54, 1.807) is 11.8 Å². The van der Waals surface area contributed by atoms with E-state index in [2.05, 4.69) is 16.7 Å². The first-order valence-electron chi connectivity index (χ1n) is 8.00. The molecule has 4 nitrogen and oxygen atoms in total. The van der Waals surface area contributed by atoms with E-state index in [-0.39, 0.29) is 12.1 Å². The summed E-state index contributed by atoms with van der Waals surface area (Å²) in [4.78, 5) is 13.4. The first kappa shape index (κ1) is 15.7. The van der Waals surface area contributed by atoms with Gasteiger partial charge in [0.05, 0.1) is 6.10 Å². The van der Waals surface area contributed by atoms with Gasteiger partial charge >= 0.3 is 6.03 Å². The summed E-state index contributed by atoms with van der Waals surface area (Å²) in [5.74, 6) is 0.730. The zero-order valence-electron chi connectivity index (χ0n) is 13.2. The number of thioether (sulfide) groups is 1. The number of amides is 2. The smallest absolute Gasteiger partial charge is 0.319 e. The van der Waals surface area contributed by atoms with Crippen LogP contribution in [0.25, 0.3) is 0 Å². The summed E-state index contributed by atoms with van der Waals surface area (Å²) in [6.45, 7) is 2.80. The van der Waals surface area contributed by atoms with Gasteiger partial charge in [-0.1, -0.05) is 6.07 Å². The second-order valence-electron chi connectivity index (χ2n) is 6.20. The lowest BCUT2D eigenvalue weighted by Gasteiger charge is -2.30. The third kappa shape index (κ3) is 3.76. The molecule has 0 aromatic heterocycles. The van der Waals surface area contributed by atoms with Crippen molar-refractivity contribution >= 4 is 23.5 Å². The zero-order chi connectivity index (χ0) is 15.5. The number of ether oxygens (including phenoxy) is 1. The molecule has 1 aliphatic heterocycles. The number of anilines is 1. The third-order valence-electron chi connectivity index (χ3n) is 4.55. The fraction of sp³-hybridized carbons (Fsp3) is 0.588. The van der Waals surface area contributed by atoms with Gasteiger partial charge < -0.3 is 15.4 Å². The van der Waals surface area contributed by atoms with Crippen molar-refractivity contribution in [3.63, 3.8) is 0 Å². The molecule has 120 valence electrons. The summed E-state index contributed by atoms with van der Waals surface area (Å²) in [7, 11) is 0. The van der Waals surface area contributed by atoms with Gasteiger partial charge in [-0.05, 0) is 62.5 Å². The number of hydrogen-bond acceptors (Lipinski definition) is 3. The Balaban J connectivity index is 1.56. The highest BCUT2D eigenvalue weighted by atomic mass is 32.2. The van der Waals surface area contributed by atoms with Crippen LogP contribution < -0.4 is 10.6 Å². The lowest BCUT2D eigenvalue weighted by atomic mass is 10.0. The van der Waals surface area contributed by atoms with Crippen LogP contribution in [0.5, 0.6) is 0 Å². The molecule has 1 heterocycles. The molecule has 2 amide bonds. The molecule has 1 saturated heterocycles. The molecule has 0 bridgehead atoms. The average Bonchev–Trinajstić information content (AvgIpc) is 3.34. The molecular formula is C17H24N2O2S. The highest BCUT2D eigenvalue weighted by Crippen LogP contribution is 2.38. The second-order valence-corrected chi connectivity index (χ2v) is 7.05. The molecule has 0 spiro atoms. The Hall–Kier alpha value is -1.20. The van der Waals surface area contributed by atoms with Crippen LogP contribution in [0.4, 0.5) is 10.5 Å². The topological polar surface area (TPSA) is 50.4 Å². The van der Waals surface area contributed by atoms with Gasteiger partial charge in [0.1, 0.15) is 0 Å². The van der Waals surface area contributed by atoms with Crippen LogP contribution >= 0.6 is 11.8 Å². The minimum Gasteiger partial charge on any atom is -0.378 e. The summed E-state index contributed by atoms with van der Waals surface area (Å²) < 4.78 is 5.81. The maximum absolute atomic E-state index is 12.3. The van der Waals surface area contributed by atoms with Crippen molar-refractivity contribution in [2.45, 2.75) is 49.6 Å². The summed E-state index contributed by atoms with van der Waals surface area (Å²) in [5.41, 5.74) is 2.00. The van der Waals surface area contributed by atoms with Crippen molar-refractivity contribution < 1.29 is 9.53 Å². The number of benzene rings is 1. The van der Waals surface area contributed by atoms with Crippen molar-refractivity contribution in [3.05, 3.63) is 23.8 Å². The summed E-state index contributed by atoms with van der Waals surface area (Å²) in [6.07, 6.45) is 6.81. The van der Waals surface area contributed by atoms with Crippen LogP contribution in [0.1, 0.15) is 31.2 Å². The van der Waals surface area contributed by atoms with Gasteiger partial charge in [-0.3, -0.25) is 0 Å². The molecule has 1 saturated carbocycles. The van der Waals surface area contributed by atoms with Crippen molar-refractivity contribution in [1.82, 2.24) is 5.32 Å². The van der Waals surface area contributed by atoms with E-state index in [0.717, 1.165) is 36.6 Å². The van der Waals surface area contributed by atoms with Crippen LogP contribution in [0.3, 0.4) is 0 Å². The normalized spacial score (nSPS) is 24.8.